The van der Waals surface area contributed by atoms with Crippen LogP contribution in [0.2, 0.25) is 0 Å². The molecule has 0 aromatic carbocycles. The first-order chi connectivity index (χ1) is 8.93. The lowest BCUT2D eigenvalue weighted by Gasteiger charge is -2.13. The van der Waals surface area contributed by atoms with Gasteiger partial charge in [0.25, 0.3) is 0 Å². The maximum absolute atomic E-state index is 2.25. The topological polar surface area (TPSA) is 0 Å². The zero-order valence-electron chi connectivity index (χ0n) is 16.3. The zero-order valence-corrected chi connectivity index (χ0v) is 16.3. The molecule has 0 saturated carbocycles. The summed E-state index contributed by atoms with van der Waals surface area (Å²) in [6, 6.07) is 0. The second-order valence-corrected chi connectivity index (χ2v) is 7.35. The van der Waals surface area contributed by atoms with E-state index in [1.807, 2.05) is 0 Å². The first-order valence-electron chi connectivity index (χ1n) is 8.27. The van der Waals surface area contributed by atoms with Crippen molar-refractivity contribution in [2.75, 3.05) is 0 Å². The van der Waals surface area contributed by atoms with E-state index in [0.29, 0.717) is 23.7 Å². The lowest BCUT2D eigenvalue weighted by molar-refractivity contribution is 0.691. The molecular formula is C20H40. The van der Waals surface area contributed by atoms with Crippen LogP contribution in [0.15, 0.2) is 22.3 Å². The van der Waals surface area contributed by atoms with Crippen molar-refractivity contribution in [3.05, 3.63) is 22.3 Å². The third-order valence-electron chi connectivity index (χ3n) is 4.71. The molecule has 0 aliphatic carbocycles. The smallest absolute Gasteiger partial charge is 0.0260 e. The van der Waals surface area contributed by atoms with Crippen LogP contribution in [0.3, 0.4) is 0 Å². The molecule has 0 bridgehead atoms. The minimum Gasteiger partial charge on any atom is -0.0716 e. The van der Waals surface area contributed by atoms with Crippen LogP contribution in [0.25, 0.3) is 0 Å². The molecule has 0 fully saturated rings. The van der Waals surface area contributed by atoms with Crippen LogP contribution in [0, 0.1) is 23.7 Å². The summed E-state index contributed by atoms with van der Waals surface area (Å²) >= 11 is 0. The van der Waals surface area contributed by atoms with E-state index < -0.39 is 0 Å². The standard InChI is InChI=1S/2C10H20/c2*1-7(2)9(5)10(6)8(3)4/h2*7-8H,1-6H3/b10-9+;10-9-. The Hall–Kier alpha value is -0.520. The molecule has 0 heterocycles. The van der Waals surface area contributed by atoms with E-state index in [-0.39, 0.29) is 0 Å². The van der Waals surface area contributed by atoms with Gasteiger partial charge in [0.05, 0.1) is 0 Å². The van der Waals surface area contributed by atoms with Crippen molar-refractivity contribution >= 4 is 0 Å². The van der Waals surface area contributed by atoms with Crippen LogP contribution in [0.5, 0.6) is 0 Å². The highest BCUT2D eigenvalue weighted by molar-refractivity contribution is 5.13. The molecular weight excluding hydrogens is 240 g/mol. The summed E-state index contributed by atoms with van der Waals surface area (Å²) in [6.45, 7) is 27.0. The highest BCUT2D eigenvalue weighted by Crippen LogP contribution is 2.20. The average molecular weight is 281 g/mol. The zero-order chi connectivity index (χ0) is 16.6. The Balaban J connectivity index is 0. The van der Waals surface area contributed by atoms with Gasteiger partial charge in [-0.15, -0.1) is 0 Å². The van der Waals surface area contributed by atoms with Crippen LogP contribution >= 0.6 is 0 Å². The minimum absolute atomic E-state index is 0.711. The summed E-state index contributed by atoms with van der Waals surface area (Å²) < 4.78 is 0. The largest absolute Gasteiger partial charge is 0.0716 e. The fraction of sp³-hybridized carbons (Fsp3) is 0.800. The minimum atomic E-state index is 0.711. The second kappa shape index (κ2) is 10.2. The van der Waals surface area contributed by atoms with Crippen LogP contribution < -0.4 is 0 Å². The summed E-state index contributed by atoms with van der Waals surface area (Å²) in [5.41, 5.74) is 6.20. The monoisotopic (exact) mass is 280 g/mol. The highest BCUT2D eigenvalue weighted by atomic mass is 14.1. The van der Waals surface area contributed by atoms with Gasteiger partial charge in [-0.25, -0.2) is 0 Å². The van der Waals surface area contributed by atoms with E-state index >= 15 is 0 Å². The summed E-state index contributed by atoms with van der Waals surface area (Å²) in [5, 5.41) is 0. The van der Waals surface area contributed by atoms with Crippen molar-refractivity contribution in [2.45, 2.75) is 83.1 Å². The van der Waals surface area contributed by atoms with Crippen molar-refractivity contribution in [3.63, 3.8) is 0 Å². The maximum atomic E-state index is 2.25. The van der Waals surface area contributed by atoms with Crippen LogP contribution in [0.1, 0.15) is 83.1 Å². The number of hydrogen-bond acceptors (Lipinski definition) is 0. The molecule has 0 aliphatic heterocycles. The van der Waals surface area contributed by atoms with Crippen molar-refractivity contribution in [1.82, 2.24) is 0 Å². The van der Waals surface area contributed by atoms with Crippen molar-refractivity contribution in [1.29, 1.82) is 0 Å². The van der Waals surface area contributed by atoms with Gasteiger partial charge in [-0.2, -0.15) is 0 Å². The Morgan fingerprint density at radius 3 is 0.500 bits per heavy atom. The molecule has 0 amide bonds. The Morgan fingerprint density at radius 1 is 0.350 bits per heavy atom. The van der Waals surface area contributed by atoms with Gasteiger partial charge in [-0.1, -0.05) is 77.7 Å². The fourth-order valence-electron chi connectivity index (χ4n) is 1.82. The summed E-state index contributed by atoms with van der Waals surface area (Å²) in [5.74, 6) is 2.84. The number of allylic oxidation sites excluding steroid dienone is 4. The van der Waals surface area contributed by atoms with Gasteiger partial charge in [0.15, 0.2) is 0 Å². The van der Waals surface area contributed by atoms with E-state index in [2.05, 4.69) is 83.1 Å². The third-order valence-corrected chi connectivity index (χ3v) is 4.71. The van der Waals surface area contributed by atoms with E-state index in [0.717, 1.165) is 0 Å². The average Bonchev–Trinajstić information content (AvgIpc) is 2.35. The van der Waals surface area contributed by atoms with Gasteiger partial charge in [-0.05, 0) is 51.4 Å². The Morgan fingerprint density at radius 2 is 0.450 bits per heavy atom. The molecule has 0 spiro atoms. The molecule has 0 radical (unpaired) electrons. The first kappa shape index (κ1) is 21.8. The summed E-state index contributed by atoms with van der Waals surface area (Å²) in [6.07, 6.45) is 0. The van der Waals surface area contributed by atoms with E-state index in [1.165, 1.54) is 0 Å². The van der Waals surface area contributed by atoms with Gasteiger partial charge in [0, 0.05) is 0 Å². The molecule has 0 saturated heterocycles. The van der Waals surface area contributed by atoms with Crippen molar-refractivity contribution < 1.29 is 0 Å². The summed E-state index contributed by atoms with van der Waals surface area (Å²) in [4.78, 5) is 0. The molecule has 20 heavy (non-hydrogen) atoms. The first-order valence-corrected chi connectivity index (χ1v) is 8.27. The number of hydrogen-bond donors (Lipinski definition) is 0. The molecule has 0 atom stereocenters. The molecule has 0 unspecified atom stereocenters. The van der Waals surface area contributed by atoms with E-state index in [9.17, 15) is 0 Å². The summed E-state index contributed by atoms with van der Waals surface area (Å²) in [7, 11) is 0. The third kappa shape index (κ3) is 8.61. The lowest BCUT2D eigenvalue weighted by Crippen LogP contribution is -1.98. The number of rotatable bonds is 4. The van der Waals surface area contributed by atoms with Gasteiger partial charge >= 0.3 is 0 Å². The molecule has 0 nitrogen and oxygen atoms in total. The Kier molecular flexibility index (Phi) is 11.1. The SMILES string of the molecule is C/C(=C(/C)C(C)C)C(C)C.C/C(=C(\C)C(C)C)C(C)C. The van der Waals surface area contributed by atoms with Gasteiger partial charge in [0.2, 0.25) is 0 Å². The maximum Gasteiger partial charge on any atom is -0.0260 e. The fourth-order valence-corrected chi connectivity index (χ4v) is 1.82. The second-order valence-electron chi connectivity index (χ2n) is 7.35. The van der Waals surface area contributed by atoms with Crippen LogP contribution in [-0.2, 0) is 0 Å². The van der Waals surface area contributed by atoms with Crippen LogP contribution in [-0.4, -0.2) is 0 Å². The van der Waals surface area contributed by atoms with E-state index in [4.69, 9.17) is 0 Å². The van der Waals surface area contributed by atoms with Crippen LogP contribution in [0.4, 0.5) is 0 Å². The molecule has 0 rings (SSSR count). The van der Waals surface area contributed by atoms with Crippen molar-refractivity contribution in [3.8, 4) is 0 Å². The molecule has 0 aliphatic rings. The predicted molar refractivity (Wildman–Crippen MR) is 96.1 cm³/mol. The van der Waals surface area contributed by atoms with Crippen molar-refractivity contribution in [2.24, 2.45) is 23.7 Å². The highest BCUT2D eigenvalue weighted by Gasteiger charge is 2.04. The van der Waals surface area contributed by atoms with E-state index in [1.54, 1.807) is 22.3 Å². The molecule has 0 aromatic heterocycles. The molecule has 0 N–H and O–H groups in total. The molecule has 0 aromatic rings. The quantitative estimate of drug-likeness (QED) is 0.475. The normalized spacial score (nSPS) is 14.4. The van der Waals surface area contributed by atoms with Gasteiger partial charge in [-0.3, -0.25) is 0 Å². The lowest BCUT2D eigenvalue weighted by atomic mass is 9.93. The molecule has 0 heteroatoms. The van der Waals surface area contributed by atoms with Gasteiger partial charge in [0.1, 0.15) is 0 Å². The van der Waals surface area contributed by atoms with Gasteiger partial charge < -0.3 is 0 Å². The Bertz CT molecular complexity index is 256. The molecule has 120 valence electrons. The Labute approximate surface area is 129 Å². The predicted octanol–water partition coefficient (Wildman–Crippen LogP) is 7.27.